The lowest BCUT2D eigenvalue weighted by molar-refractivity contribution is -0.115. The van der Waals surface area contributed by atoms with Gasteiger partial charge in [0.15, 0.2) is 5.92 Å². The Balaban J connectivity index is 2.56. The standard InChI is InChI=1S/C8H5N3O/c9-3-6-5-1-2-10-4-7(5)11-8(6)12/h1-2,4,6H,(H,11,12). The van der Waals surface area contributed by atoms with Gasteiger partial charge in [-0.1, -0.05) is 0 Å². The van der Waals surface area contributed by atoms with Gasteiger partial charge in [-0.2, -0.15) is 5.26 Å². The minimum absolute atomic E-state index is 0.263. The van der Waals surface area contributed by atoms with Crippen LogP contribution in [0.15, 0.2) is 18.5 Å². The summed E-state index contributed by atoms with van der Waals surface area (Å²) in [6, 6.07) is 3.61. The van der Waals surface area contributed by atoms with Gasteiger partial charge in [-0.05, 0) is 6.07 Å². The molecule has 0 saturated heterocycles. The number of hydrogen-bond acceptors (Lipinski definition) is 3. The molecule has 1 amide bonds. The van der Waals surface area contributed by atoms with Crippen LogP contribution < -0.4 is 5.32 Å². The summed E-state index contributed by atoms with van der Waals surface area (Å²) in [5.74, 6) is -0.927. The molecule has 1 unspecified atom stereocenters. The number of rotatable bonds is 0. The lowest BCUT2D eigenvalue weighted by atomic mass is 10.0. The van der Waals surface area contributed by atoms with Crippen molar-refractivity contribution in [3.8, 4) is 6.07 Å². The van der Waals surface area contributed by atoms with Crippen LogP contribution in [0.1, 0.15) is 11.5 Å². The molecule has 0 spiro atoms. The van der Waals surface area contributed by atoms with Gasteiger partial charge in [0.05, 0.1) is 18.0 Å². The van der Waals surface area contributed by atoms with E-state index in [1.54, 1.807) is 18.5 Å². The van der Waals surface area contributed by atoms with Crippen LogP contribution in [0.4, 0.5) is 5.69 Å². The van der Waals surface area contributed by atoms with Gasteiger partial charge in [0.25, 0.3) is 0 Å². The number of nitrogens with zero attached hydrogens (tertiary/aromatic N) is 2. The number of nitrogens with one attached hydrogen (secondary N) is 1. The molecule has 58 valence electrons. The van der Waals surface area contributed by atoms with Crippen LogP contribution in [-0.4, -0.2) is 10.9 Å². The van der Waals surface area contributed by atoms with Gasteiger partial charge in [-0.3, -0.25) is 9.78 Å². The fraction of sp³-hybridized carbons (Fsp3) is 0.125. The largest absolute Gasteiger partial charge is 0.323 e. The normalized spacial score (nSPS) is 19.6. The molecule has 1 N–H and O–H groups in total. The molecule has 0 bridgehead atoms. The summed E-state index contributed by atoms with van der Waals surface area (Å²) in [5.41, 5.74) is 1.37. The molecule has 2 heterocycles. The molecule has 4 nitrogen and oxygen atoms in total. The third kappa shape index (κ3) is 0.768. The van der Waals surface area contributed by atoms with Crippen molar-refractivity contribution in [2.75, 3.05) is 5.32 Å². The Hall–Kier alpha value is -1.89. The second kappa shape index (κ2) is 2.31. The Bertz CT molecular complexity index is 380. The maximum absolute atomic E-state index is 11.1. The molecule has 4 heteroatoms. The first kappa shape index (κ1) is 6.80. The van der Waals surface area contributed by atoms with Crippen LogP contribution in [0.5, 0.6) is 0 Å². The summed E-state index contributed by atoms with van der Waals surface area (Å²) >= 11 is 0. The first-order valence-corrected chi connectivity index (χ1v) is 3.47. The minimum atomic E-state index is -0.664. The summed E-state index contributed by atoms with van der Waals surface area (Å²) < 4.78 is 0. The van der Waals surface area contributed by atoms with Gasteiger partial charge in [0, 0.05) is 11.8 Å². The zero-order valence-corrected chi connectivity index (χ0v) is 6.11. The van der Waals surface area contributed by atoms with E-state index in [4.69, 9.17) is 5.26 Å². The molecule has 1 atom stereocenters. The van der Waals surface area contributed by atoms with Crippen molar-refractivity contribution in [3.05, 3.63) is 24.0 Å². The van der Waals surface area contributed by atoms with Crippen LogP contribution >= 0.6 is 0 Å². The predicted octanol–water partition coefficient (Wildman–Crippen LogP) is 0.641. The van der Waals surface area contributed by atoms with Crippen LogP contribution in [0.3, 0.4) is 0 Å². The number of carbonyl (C=O) groups is 1. The Morgan fingerprint density at radius 2 is 2.50 bits per heavy atom. The molecule has 1 aromatic heterocycles. The maximum atomic E-state index is 11.1. The second-order valence-electron chi connectivity index (χ2n) is 2.51. The smallest absolute Gasteiger partial charge is 0.246 e. The number of fused-ring (bicyclic) bond motifs is 1. The molecule has 0 aromatic carbocycles. The highest BCUT2D eigenvalue weighted by molar-refractivity contribution is 6.04. The number of pyridine rings is 1. The summed E-state index contributed by atoms with van der Waals surface area (Å²) in [6.45, 7) is 0. The van der Waals surface area contributed by atoms with Crippen LogP contribution in [0.2, 0.25) is 0 Å². The highest BCUT2D eigenvalue weighted by atomic mass is 16.2. The third-order valence-corrected chi connectivity index (χ3v) is 1.81. The fourth-order valence-corrected chi connectivity index (χ4v) is 1.24. The van der Waals surface area contributed by atoms with E-state index in [1.807, 2.05) is 6.07 Å². The molecular weight excluding hydrogens is 154 g/mol. The van der Waals surface area contributed by atoms with Crippen LogP contribution in [0.25, 0.3) is 0 Å². The van der Waals surface area contributed by atoms with E-state index in [-0.39, 0.29) is 5.91 Å². The number of carbonyl (C=O) groups excluding carboxylic acids is 1. The minimum Gasteiger partial charge on any atom is -0.323 e. The number of nitriles is 1. The quantitative estimate of drug-likeness (QED) is 0.604. The highest BCUT2D eigenvalue weighted by Crippen LogP contribution is 2.30. The van der Waals surface area contributed by atoms with E-state index in [0.717, 1.165) is 5.56 Å². The Labute approximate surface area is 68.8 Å². The van der Waals surface area contributed by atoms with E-state index in [9.17, 15) is 4.79 Å². The first-order valence-electron chi connectivity index (χ1n) is 3.47. The van der Waals surface area contributed by atoms with E-state index in [1.165, 1.54) is 0 Å². The summed E-state index contributed by atoms with van der Waals surface area (Å²) in [7, 11) is 0. The summed E-state index contributed by atoms with van der Waals surface area (Å²) in [4.78, 5) is 14.9. The molecule has 0 radical (unpaired) electrons. The third-order valence-electron chi connectivity index (χ3n) is 1.81. The molecule has 2 rings (SSSR count). The van der Waals surface area contributed by atoms with Gasteiger partial charge >= 0.3 is 0 Å². The molecule has 12 heavy (non-hydrogen) atoms. The predicted molar refractivity (Wildman–Crippen MR) is 41.2 cm³/mol. The lowest BCUT2D eigenvalue weighted by Gasteiger charge is -1.94. The molecular formula is C8H5N3O. The van der Waals surface area contributed by atoms with E-state index in [2.05, 4.69) is 10.3 Å². The molecule has 0 fully saturated rings. The van der Waals surface area contributed by atoms with Gasteiger partial charge in [0.2, 0.25) is 5.91 Å². The van der Waals surface area contributed by atoms with Crippen molar-refractivity contribution in [2.24, 2.45) is 0 Å². The molecule has 1 aliphatic rings. The molecule has 1 aliphatic heterocycles. The zero-order chi connectivity index (χ0) is 8.55. The molecule has 1 aromatic rings. The summed E-state index contributed by atoms with van der Waals surface area (Å²) in [6.07, 6.45) is 3.12. The average molecular weight is 159 g/mol. The van der Waals surface area contributed by atoms with E-state index >= 15 is 0 Å². The van der Waals surface area contributed by atoms with Crippen molar-refractivity contribution >= 4 is 11.6 Å². The van der Waals surface area contributed by atoms with Crippen molar-refractivity contribution in [3.63, 3.8) is 0 Å². The second-order valence-corrected chi connectivity index (χ2v) is 2.51. The number of hydrogen-bond donors (Lipinski definition) is 1. The highest BCUT2D eigenvalue weighted by Gasteiger charge is 2.29. The summed E-state index contributed by atoms with van der Waals surface area (Å²) in [5, 5.41) is 11.2. The SMILES string of the molecule is N#CC1C(=O)Nc2cnccc21. The Kier molecular flexibility index (Phi) is 1.31. The van der Waals surface area contributed by atoms with Gasteiger partial charge in [-0.15, -0.1) is 0 Å². The van der Waals surface area contributed by atoms with E-state index in [0.29, 0.717) is 5.69 Å². The maximum Gasteiger partial charge on any atom is 0.246 e. The zero-order valence-electron chi connectivity index (χ0n) is 6.11. The van der Waals surface area contributed by atoms with Gasteiger partial charge in [0.1, 0.15) is 0 Å². The topological polar surface area (TPSA) is 65.8 Å². The fourth-order valence-electron chi connectivity index (χ4n) is 1.24. The van der Waals surface area contributed by atoms with Gasteiger partial charge in [-0.25, -0.2) is 0 Å². The lowest BCUT2D eigenvalue weighted by Crippen LogP contribution is -2.09. The number of anilines is 1. The Morgan fingerprint density at radius 1 is 1.67 bits per heavy atom. The van der Waals surface area contributed by atoms with Crippen molar-refractivity contribution in [2.45, 2.75) is 5.92 Å². The molecule has 0 aliphatic carbocycles. The number of amides is 1. The first-order chi connectivity index (χ1) is 5.83. The van der Waals surface area contributed by atoms with Gasteiger partial charge < -0.3 is 5.32 Å². The molecule has 0 saturated carbocycles. The number of aromatic nitrogens is 1. The monoisotopic (exact) mass is 159 g/mol. The Morgan fingerprint density at radius 3 is 3.25 bits per heavy atom. The van der Waals surface area contributed by atoms with E-state index < -0.39 is 5.92 Å². The van der Waals surface area contributed by atoms with Crippen molar-refractivity contribution < 1.29 is 4.79 Å². The van der Waals surface area contributed by atoms with Crippen LogP contribution in [0, 0.1) is 11.3 Å². The average Bonchev–Trinajstić information content (AvgIpc) is 2.40. The van der Waals surface area contributed by atoms with Crippen molar-refractivity contribution in [1.82, 2.24) is 4.98 Å². The van der Waals surface area contributed by atoms with Crippen LogP contribution in [-0.2, 0) is 4.79 Å². The van der Waals surface area contributed by atoms with Crippen molar-refractivity contribution in [1.29, 1.82) is 5.26 Å².